The maximum atomic E-state index is 12.5. The molecule has 1 aliphatic rings. The third-order valence-electron chi connectivity index (χ3n) is 4.08. The molecule has 0 atom stereocenters. The van der Waals surface area contributed by atoms with Crippen molar-refractivity contribution in [1.29, 1.82) is 0 Å². The van der Waals surface area contributed by atoms with E-state index in [1.807, 2.05) is 0 Å². The lowest BCUT2D eigenvalue weighted by Gasteiger charge is -2.13. The molecule has 6 nitrogen and oxygen atoms in total. The summed E-state index contributed by atoms with van der Waals surface area (Å²) in [5.74, 6) is -0.550. The fraction of sp³-hybridized carbons (Fsp3) is 0.353. The number of hydrogen-bond donors (Lipinski definition) is 2. The molecule has 1 amide bonds. The SMILES string of the molecule is COc1cncc(CNC(=O)c2sc(C(=O)O)c3c2CCCC3)c1. The summed E-state index contributed by atoms with van der Waals surface area (Å²) in [4.78, 5) is 28.8. The van der Waals surface area contributed by atoms with Crippen molar-refractivity contribution in [2.24, 2.45) is 0 Å². The van der Waals surface area contributed by atoms with Crippen LogP contribution in [-0.4, -0.2) is 29.1 Å². The molecule has 0 spiro atoms. The molecule has 24 heavy (non-hydrogen) atoms. The van der Waals surface area contributed by atoms with Gasteiger partial charge < -0.3 is 15.2 Å². The maximum Gasteiger partial charge on any atom is 0.346 e. The van der Waals surface area contributed by atoms with E-state index < -0.39 is 5.97 Å². The summed E-state index contributed by atoms with van der Waals surface area (Å²) in [6.45, 7) is 0.318. The Bertz CT molecular complexity index is 785. The zero-order valence-electron chi connectivity index (χ0n) is 13.3. The zero-order valence-corrected chi connectivity index (χ0v) is 14.1. The minimum absolute atomic E-state index is 0.228. The topological polar surface area (TPSA) is 88.5 Å². The molecule has 0 radical (unpaired) electrons. The van der Waals surface area contributed by atoms with Crippen molar-refractivity contribution >= 4 is 23.2 Å². The van der Waals surface area contributed by atoms with Crippen LogP contribution < -0.4 is 10.1 Å². The maximum absolute atomic E-state index is 12.5. The quantitative estimate of drug-likeness (QED) is 0.869. The summed E-state index contributed by atoms with van der Waals surface area (Å²) in [6.07, 6.45) is 6.72. The molecule has 3 rings (SSSR count). The second-order valence-electron chi connectivity index (χ2n) is 5.65. The Labute approximate surface area is 143 Å². The first kappa shape index (κ1) is 16.4. The van der Waals surface area contributed by atoms with Gasteiger partial charge in [0.25, 0.3) is 5.91 Å². The molecule has 2 N–H and O–H groups in total. The van der Waals surface area contributed by atoms with E-state index in [0.717, 1.165) is 53.7 Å². The highest BCUT2D eigenvalue weighted by atomic mass is 32.1. The summed E-state index contributed by atoms with van der Waals surface area (Å²) in [6, 6.07) is 1.81. The summed E-state index contributed by atoms with van der Waals surface area (Å²) in [5, 5.41) is 12.2. The standard InChI is InChI=1S/C17H18N2O4S/c1-23-11-6-10(7-18-9-11)8-19-16(20)14-12-4-2-3-5-13(12)15(24-14)17(21)22/h6-7,9H,2-5,8H2,1H3,(H,19,20)(H,21,22). The Kier molecular flexibility index (Phi) is 4.80. The number of amides is 1. The molecule has 126 valence electrons. The van der Waals surface area contributed by atoms with Crippen molar-refractivity contribution in [3.63, 3.8) is 0 Å². The molecule has 2 heterocycles. The lowest BCUT2D eigenvalue weighted by molar-refractivity contribution is 0.0700. The number of aromatic carboxylic acids is 1. The number of aromatic nitrogens is 1. The largest absolute Gasteiger partial charge is 0.495 e. The lowest BCUT2D eigenvalue weighted by atomic mass is 9.92. The van der Waals surface area contributed by atoms with E-state index in [1.54, 1.807) is 25.6 Å². The zero-order chi connectivity index (χ0) is 17.1. The molecule has 0 saturated carbocycles. The average Bonchev–Trinajstić information content (AvgIpc) is 3.00. The van der Waals surface area contributed by atoms with Gasteiger partial charge in [-0.25, -0.2) is 4.79 Å². The molecule has 0 aromatic carbocycles. The van der Waals surface area contributed by atoms with Crippen molar-refractivity contribution in [3.05, 3.63) is 44.9 Å². The summed E-state index contributed by atoms with van der Waals surface area (Å²) < 4.78 is 5.11. The van der Waals surface area contributed by atoms with E-state index in [1.165, 1.54) is 0 Å². The number of thiophene rings is 1. The van der Waals surface area contributed by atoms with Crippen molar-refractivity contribution in [2.75, 3.05) is 7.11 Å². The number of carbonyl (C=O) groups excluding carboxylic acids is 1. The number of nitrogens with one attached hydrogen (secondary N) is 1. The number of rotatable bonds is 5. The first-order valence-corrected chi connectivity index (χ1v) is 8.55. The number of carboxylic acids is 1. The van der Waals surface area contributed by atoms with Gasteiger partial charge in [-0.15, -0.1) is 11.3 Å². The Morgan fingerprint density at radius 3 is 2.62 bits per heavy atom. The number of fused-ring (bicyclic) bond motifs is 1. The van der Waals surface area contributed by atoms with Gasteiger partial charge in [0.1, 0.15) is 10.6 Å². The van der Waals surface area contributed by atoms with Crippen molar-refractivity contribution in [1.82, 2.24) is 10.3 Å². The molecule has 0 aliphatic heterocycles. The molecule has 0 fully saturated rings. The van der Waals surface area contributed by atoms with Crippen LogP contribution in [-0.2, 0) is 19.4 Å². The third-order valence-corrected chi connectivity index (χ3v) is 5.34. The molecular formula is C17H18N2O4S. The second kappa shape index (κ2) is 7.00. The van der Waals surface area contributed by atoms with E-state index in [2.05, 4.69) is 10.3 Å². The smallest absolute Gasteiger partial charge is 0.346 e. The summed E-state index contributed by atoms with van der Waals surface area (Å²) in [7, 11) is 1.56. The molecular weight excluding hydrogens is 328 g/mol. The number of methoxy groups -OCH3 is 1. The van der Waals surface area contributed by atoms with Gasteiger partial charge in [-0.2, -0.15) is 0 Å². The van der Waals surface area contributed by atoms with Crippen LogP contribution in [0.4, 0.5) is 0 Å². The fourth-order valence-electron chi connectivity index (χ4n) is 2.92. The molecule has 2 aromatic heterocycles. The van der Waals surface area contributed by atoms with Crippen LogP contribution in [0.2, 0.25) is 0 Å². The van der Waals surface area contributed by atoms with Gasteiger partial charge >= 0.3 is 5.97 Å². The van der Waals surface area contributed by atoms with E-state index >= 15 is 0 Å². The van der Waals surface area contributed by atoms with Gasteiger partial charge in [-0.3, -0.25) is 9.78 Å². The van der Waals surface area contributed by atoms with Crippen LogP contribution in [0.3, 0.4) is 0 Å². The van der Waals surface area contributed by atoms with Gasteiger partial charge in [0.15, 0.2) is 0 Å². The highest BCUT2D eigenvalue weighted by molar-refractivity contribution is 7.16. The number of carbonyl (C=O) groups is 2. The molecule has 2 aromatic rings. The van der Waals surface area contributed by atoms with Gasteiger partial charge in [0.05, 0.1) is 18.2 Å². The van der Waals surface area contributed by atoms with Crippen LogP contribution in [0.1, 0.15) is 48.9 Å². The number of pyridine rings is 1. The molecule has 1 aliphatic carbocycles. The van der Waals surface area contributed by atoms with Gasteiger partial charge in [-0.1, -0.05) is 0 Å². The predicted octanol–water partition coefficient (Wildman–Crippen LogP) is 2.66. The van der Waals surface area contributed by atoms with Gasteiger partial charge in [0, 0.05) is 12.7 Å². The first-order valence-electron chi connectivity index (χ1n) is 7.74. The van der Waals surface area contributed by atoms with Crippen molar-refractivity contribution in [3.8, 4) is 5.75 Å². The van der Waals surface area contributed by atoms with Crippen LogP contribution >= 0.6 is 11.3 Å². The lowest BCUT2D eigenvalue weighted by Crippen LogP contribution is -2.23. The summed E-state index contributed by atoms with van der Waals surface area (Å²) in [5.41, 5.74) is 2.57. The minimum Gasteiger partial charge on any atom is -0.495 e. The molecule has 0 saturated heterocycles. The Morgan fingerprint density at radius 2 is 1.96 bits per heavy atom. The first-order chi connectivity index (χ1) is 11.6. The van der Waals surface area contributed by atoms with Crippen LogP contribution in [0.5, 0.6) is 5.75 Å². The second-order valence-corrected chi connectivity index (χ2v) is 6.67. The average molecular weight is 346 g/mol. The normalized spacial score (nSPS) is 13.2. The molecule has 0 bridgehead atoms. The van der Waals surface area contributed by atoms with Gasteiger partial charge in [-0.05, 0) is 48.4 Å². The monoisotopic (exact) mass is 346 g/mol. The van der Waals surface area contributed by atoms with Crippen LogP contribution in [0, 0.1) is 0 Å². The Morgan fingerprint density at radius 1 is 1.25 bits per heavy atom. The van der Waals surface area contributed by atoms with Crippen LogP contribution in [0.15, 0.2) is 18.5 Å². The number of ether oxygens (including phenoxy) is 1. The van der Waals surface area contributed by atoms with Crippen molar-refractivity contribution < 1.29 is 19.4 Å². The Hall–Kier alpha value is -2.41. The summed E-state index contributed by atoms with van der Waals surface area (Å²) >= 11 is 1.08. The Balaban J connectivity index is 1.78. The highest BCUT2D eigenvalue weighted by Gasteiger charge is 2.27. The van der Waals surface area contributed by atoms with Gasteiger partial charge in [0.2, 0.25) is 0 Å². The molecule has 0 unspecified atom stereocenters. The minimum atomic E-state index is -0.950. The molecule has 7 heteroatoms. The van der Waals surface area contributed by atoms with Crippen molar-refractivity contribution in [2.45, 2.75) is 32.2 Å². The third kappa shape index (κ3) is 3.26. The van der Waals surface area contributed by atoms with E-state index in [4.69, 9.17) is 4.74 Å². The van der Waals surface area contributed by atoms with Crippen LogP contribution in [0.25, 0.3) is 0 Å². The number of hydrogen-bond acceptors (Lipinski definition) is 5. The highest BCUT2D eigenvalue weighted by Crippen LogP contribution is 2.34. The number of nitrogens with zero attached hydrogens (tertiary/aromatic N) is 1. The predicted molar refractivity (Wildman–Crippen MR) is 89.9 cm³/mol. The fourth-order valence-corrected chi connectivity index (χ4v) is 4.08. The van der Waals surface area contributed by atoms with E-state index in [9.17, 15) is 14.7 Å². The van der Waals surface area contributed by atoms with E-state index in [-0.39, 0.29) is 5.91 Å². The van der Waals surface area contributed by atoms with E-state index in [0.29, 0.717) is 22.0 Å². The number of carboxylic acid groups (broad SMARTS) is 1.